The van der Waals surface area contributed by atoms with Crippen molar-refractivity contribution in [3.05, 3.63) is 45.6 Å². The first-order valence-corrected chi connectivity index (χ1v) is 6.12. The molecule has 0 saturated heterocycles. The van der Waals surface area contributed by atoms with Crippen LogP contribution in [0.25, 0.3) is 0 Å². The van der Waals surface area contributed by atoms with Gasteiger partial charge in [0.05, 0.1) is 14.9 Å². The molecule has 2 rings (SSSR count). The number of nitrogens with two attached hydrogens (primary N) is 1. The third-order valence-electron chi connectivity index (χ3n) is 2.13. The van der Waals surface area contributed by atoms with E-state index in [0.717, 1.165) is 0 Å². The molecule has 0 saturated carbocycles. The molecule has 17 heavy (non-hydrogen) atoms. The maximum Gasteiger partial charge on any atom is 0.210 e. The molecule has 2 N–H and O–H groups in total. The molecule has 0 bridgehead atoms. The summed E-state index contributed by atoms with van der Waals surface area (Å²) in [6.45, 7) is -0.0367. The molecule has 0 amide bonds. The minimum Gasteiger partial charge on any atom is -0.483 e. The lowest BCUT2D eigenvalue weighted by Crippen LogP contribution is -2.10. The van der Waals surface area contributed by atoms with E-state index in [9.17, 15) is 4.79 Å². The summed E-state index contributed by atoms with van der Waals surface area (Å²) in [4.78, 5) is 12.3. The van der Waals surface area contributed by atoms with Crippen molar-refractivity contribution in [1.82, 2.24) is 0 Å². The molecule has 3 nitrogen and oxygen atoms in total. The summed E-state index contributed by atoms with van der Waals surface area (Å²) in [5.41, 5.74) is 6.21. The fraction of sp³-hybridized carbons (Fsp3) is 0.0833. The van der Waals surface area contributed by atoms with Gasteiger partial charge in [-0.25, -0.2) is 0 Å². The minimum atomic E-state index is -0.106. The summed E-state index contributed by atoms with van der Waals surface area (Å²) in [6.07, 6.45) is 0. The topological polar surface area (TPSA) is 52.3 Å². The maximum atomic E-state index is 11.7. The number of para-hydroxylation sites is 2. The third-order valence-corrected chi connectivity index (χ3v) is 3.40. The smallest absolute Gasteiger partial charge is 0.210 e. The van der Waals surface area contributed by atoms with Crippen LogP contribution < -0.4 is 10.5 Å². The maximum absolute atomic E-state index is 11.7. The third kappa shape index (κ3) is 2.99. The Kier molecular flexibility index (Phi) is 3.66. The first kappa shape index (κ1) is 12.0. The predicted octanol–water partition coefficient (Wildman–Crippen LogP) is 3.25. The quantitative estimate of drug-likeness (QED) is 0.683. The van der Waals surface area contributed by atoms with Crippen LogP contribution in [0.2, 0.25) is 4.34 Å². The lowest BCUT2D eigenvalue weighted by Gasteiger charge is -2.06. The molecule has 0 aliphatic rings. The Bertz CT molecular complexity index is 539. The summed E-state index contributed by atoms with van der Waals surface area (Å²) in [6, 6.07) is 10.4. The molecule has 88 valence electrons. The molecule has 0 aliphatic carbocycles. The highest BCUT2D eigenvalue weighted by atomic mass is 35.5. The van der Waals surface area contributed by atoms with Gasteiger partial charge in [-0.2, -0.15) is 0 Å². The summed E-state index contributed by atoms with van der Waals surface area (Å²) in [5.74, 6) is 0.411. The molecule has 0 unspecified atom stereocenters. The van der Waals surface area contributed by atoms with Crippen molar-refractivity contribution in [1.29, 1.82) is 0 Å². The van der Waals surface area contributed by atoms with E-state index in [0.29, 0.717) is 20.7 Å². The zero-order valence-corrected chi connectivity index (χ0v) is 10.4. The van der Waals surface area contributed by atoms with Gasteiger partial charge in [0.15, 0.2) is 6.61 Å². The largest absolute Gasteiger partial charge is 0.483 e. The standard InChI is InChI=1S/C12H10ClNO2S/c13-12-6-5-11(17-12)9(15)7-16-10-4-2-1-3-8(10)14/h1-6H,7,14H2. The number of carbonyl (C=O) groups is 1. The number of halogens is 1. The number of hydrogen-bond donors (Lipinski definition) is 1. The van der Waals surface area contributed by atoms with Crippen molar-refractivity contribution in [2.45, 2.75) is 0 Å². The highest BCUT2D eigenvalue weighted by Crippen LogP contribution is 2.23. The van der Waals surface area contributed by atoms with Crippen LogP contribution in [-0.4, -0.2) is 12.4 Å². The van der Waals surface area contributed by atoms with Crippen LogP contribution in [0, 0.1) is 0 Å². The van der Waals surface area contributed by atoms with E-state index in [-0.39, 0.29) is 12.4 Å². The number of ketones is 1. The van der Waals surface area contributed by atoms with E-state index in [1.54, 1.807) is 30.3 Å². The number of thiophene rings is 1. The first-order chi connectivity index (χ1) is 8.16. The van der Waals surface area contributed by atoms with Crippen molar-refractivity contribution in [2.24, 2.45) is 0 Å². The molecule has 2 aromatic rings. The Balaban J connectivity index is 1.99. The molecule has 0 radical (unpaired) electrons. The SMILES string of the molecule is Nc1ccccc1OCC(=O)c1ccc(Cl)s1. The second-order valence-corrected chi connectivity index (χ2v) is 5.07. The molecule has 0 aliphatic heterocycles. The number of anilines is 1. The molecule has 0 spiro atoms. The molecule has 1 aromatic heterocycles. The monoisotopic (exact) mass is 267 g/mol. The summed E-state index contributed by atoms with van der Waals surface area (Å²) < 4.78 is 5.94. The van der Waals surface area contributed by atoms with Gasteiger partial charge in [0.2, 0.25) is 5.78 Å². The number of Topliss-reactive ketones (excluding diaryl/α,β-unsaturated/α-hetero) is 1. The summed E-state index contributed by atoms with van der Waals surface area (Å²) in [5, 5.41) is 0. The number of carbonyl (C=O) groups excluding carboxylic acids is 1. The van der Waals surface area contributed by atoms with Crippen molar-refractivity contribution in [3.8, 4) is 5.75 Å². The van der Waals surface area contributed by atoms with Gasteiger partial charge in [0, 0.05) is 0 Å². The van der Waals surface area contributed by atoms with Gasteiger partial charge >= 0.3 is 0 Å². The van der Waals surface area contributed by atoms with E-state index in [2.05, 4.69) is 0 Å². The lowest BCUT2D eigenvalue weighted by atomic mass is 10.3. The second-order valence-electron chi connectivity index (χ2n) is 3.35. The van der Waals surface area contributed by atoms with Gasteiger partial charge in [0.1, 0.15) is 5.75 Å². The number of benzene rings is 1. The Morgan fingerprint density at radius 1 is 1.29 bits per heavy atom. The summed E-state index contributed by atoms with van der Waals surface area (Å²) >= 11 is 6.99. The molecular weight excluding hydrogens is 258 g/mol. The highest BCUT2D eigenvalue weighted by Gasteiger charge is 2.10. The molecule has 0 fully saturated rings. The van der Waals surface area contributed by atoms with Gasteiger partial charge in [-0.05, 0) is 24.3 Å². The molecule has 1 aromatic carbocycles. The van der Waals surface area contributed by atoms with Crippen LogP contribution in [0.3, 0.4) is 0 Å². The van der Waals surface area contributed by atoms with Crippen LogP contribution in [0.1, 0.15) is 9.67 Å². The van der Waals surface area contributed by atoms with Crippen LogP contribution in [0.15, 0.2) is 36.4 Å². The van der Waals surface area contributed by atoms with Crippen molar-refractivity contribution >= 4 is 34.4 Å². The molecule has 1 heterocycles. The number of rotatable bonds is 4. The zero-order chi connectivity index (χ0) is 12.3. The van der Waals surface area contributed by atoms with Crippen LogP contribution in [0.4, 0.5) is 5.69 Å². The number of hydrogen-bond acceptors (Lipinski definition) is 4. The first-order valence-electron chi connectivity index (χ1n) is 4.92. The molecule has 0 atom stereocenters. The van der Waals surface area contributed by atoms with Gasteiger partial charge in [-0.3, -0.25) is 4.79 Å². The van der Waals surface area contributed by atoms with Gasteiger partial charge in [0.25, 0.3) is 0 Å². The highest BCUT2D eigenvalue weighted by molar-refractivity contribution is 7.18. The van der Waals surface area contributed by atoms with Gasteiger partial charge in [-0.15, -0.1) is 11.3 Å². The lowest BCUT2D eigenvalue weighted by molar-refractivity contribution is 0.0926. The zero-order valence-electron chi connectivity index (χ0n) is 8.85. The normalized spacial score (nSPS) is 10.2. The number of ether oxygens (including phenoxy) is 1. The van der Waals surface area contributed by atoms with Crippen molar-refractivity contribution in [3.63, 3.8) is 0 Å². The van der Waals surface area contributed by atoms with E-state index in [4.69, 9.17) is 22.1 Å². The van der Waals surface area contributed by atoms with Crippen LogP contribution in [0.5, 0.6) is 5.75 Å². The Morgan fingerprint density at radius 2 is 2.06 bits per heavy atom. The Morgan fingerprint density at radius 3 is 2.71 bits per heavy atom. The predicted molar refractivity (Wildman–Crippen MR) is 70.0 cm³/mol. The van der Waals surface area contributed by atoms with E-state index in [1.807, 2.05) is 6.07 Å². The Hall–Kier alpha value is -1.52. The van der Waals surface area contributed by atoms with Gasteiger partial charge < -0.3 is 10.5 Å². The Labute approximate surface area is 108 Å². The van der Waals surface area contributed by atoms with Gasteiger partial charge in [-0.1, -0.05) is 23.7 Å². The van der Waals surface area contributed by atoms with Crippen LogP contribution in [-0.2, 0) is 0 Å². The molecule has 5 heteroatoms. The average Bonchev–Trinajstić information content (AvgIpc) is 2.74. The molecular formula is C12H10ClNO2S. The summed E-state index contributed by atoms with van der Waals surface area (Å²) in [7, 11) is 0. The van der Waals surface area contributed by atoms with E-state index in [1.165, 1.54) is 11.3 Å². The number of nitrogen functional groups attached to an aromatic ring is 1. The fourth-order valence-electron chi connectivity index (χ4n) is 1.29. The van der Waals surface area contributed by atoms with Crippen molar-refractivity contribution in [2.75, 3.05) is 12.3 Å². The average molecular weight is 268 g/mol. The second kappa shape index (κ2) is 5.21. The van der Waals surface area contributed by atoms with Crippen molar-refractivity contribution < 1.29 is 9.53 Å². The fourth-order valence-corrected chi connectivity index (χ4v) is 2.26. The van der Waals surface area contributed by atoms with E-state index < -0.39 is 0 Å². The van der Waals surface area contributed by atoms with E-state index >= 15 is 0 Å². The van der Waals surface area contributed by atoms with Crippen LogP contribution >= 0.6 is 22.9 Å². The minimum absolute atomic E-state index is 0.0367.